The van der Waals surface area contributed by atoms with Gasteiger partial charge in [0.2, 0.25) is 0 Å². The number of aromatic nitrogens is 4. The van der Waals surface area contributed by atoms with Crippen molar-refractivity contribution in [3.8, 4) is 11.1 Å². The third-order valence-corrected chi connectivity index (χ3v) is 3.64. The average Bonchev–Trinajstić information content (AvgIpc) is 3.00. The molecule has 0 amide bonds. The van der Waals surface area contributed by atoms with Crippen LogP contribution in [0.2, 0.25) is 0 Å². The van der Waals surface area contributed by atoms with E-state index in [0.29, 0.717) is 16.6 Å². The van der Waals surface area contributed by atoms with Gasteiger partial charge >= 0.3 is 0 Å². The molecule has 0 saturated carbocycles. The molecule has 0 spiro atoms. The molecule has 6 heteroatoms. The lowest BCUT2D eigenvalue weighted by Gasteiger charge is -2.06. The summed E-state index contributed by atoms with van der Waals surface area (Å²) >= 11 is 0. The highest BCUT2D eigenvalue weighted by Gasteiger charge is 2.12. The Balaban J connectivity index is 2.05. The Labute approximate surface area is 125 Å². The molecule has 0 atom stereocenters. The minimum Gasteiger partial charge on any atom is -0.414 e. The summed E-state index contributed by atoms with van der Waals surface area (Å²) in [5.41, 5.74) is 3.12. The summed E-state index contributed by atoms with van der Waals surface area (Å²) in [6.45, 7) is 0. The molecule has 3 heterocycles. The highest BCUT2D eigenvalue weighted by Crippen LogP contribution is 2.24. The van der Waals surface area contributed by atoms with Crippen molar-refractivity contribution in [3.05, 3.63) is 65.3 Å². The van der Waals surface area contributed by atoms with Crippen LogP contribution >= 0.6 is 0 Å². The van der Waals surface area contributed by atoms with E-state index in [4.69, 9.17) is 4.84 Å². The van der Waals surface area contributed by atoms with Crippen LogP contribution in [0, 0.1) is 0 Å². The molecule has 1 aromatic carbocycles. The number of hydrogen-bond donors (Lipinski definition) is 0. The van der Waals surface area contributed by atoms with Gasteiger partial charge in [0.1, 0.15) is 7.11 Å². The molecule has 4 rings (SSSR count). The minimum atomic E-state index is -0.258. The van der Waals surface area contributed by atoms with Crippen molar-refractivity contribution in [2.75, 3.05) is 7.11 Å². The van der Waals surface area contributed by atoms with E-state index in [2.05, 4.69) is 10.1 Å². The van der Waals surface area contributed by atoms with E-state index in [1.54, 1.807) is 29.2 Å². The zero-order valence-corrected chi connectivity index (χ0v) is 11.8. The Morgan fingerprint density at radius 3 is 2.68 bits per heavy atom. The Bertz CT molecular complexity index is 1030. The van der Waals surface area contributed by atoms with Crippen molar-refractivity contribution in [2.45, 2.75) is 0 Å². The monoisotopic (exact) mass is 292 g/mol. The maximum absolute atomic E-state index is 12.2. The van der Waals surface area contributed by atoms with E-state index >= 15 is 0 Å². The first-order valence-electron chi connectivity index (χ1n) is 6.77. The average molecular weight is 292 g/mol. The van der Waals surface area contributed by atoms with Gasteiger partial charge in [-0.25, -0.2) is 9.50 Å². The Morgan fingerprint density at radius 2 is 1.91 bits per heavy atom. The summed E-state index contributed by atoms with van der Waals surface area (Å²) < 4.78 is 2.84. The third kappa shape index (κ3) is 1.70. The van der Waals surface area contributed by atoms with Gasteiger partial charge < -0.3 is 4.84 Å². The van der Waals surface area contributed by atoms with Crippen LogP contribution in [-0.2, 0) is 0 Å². The van der Waals surface area contributed by atoms with Crippen molar-refractivity contribution in [1.29, 1.82) is 0 Å². The van der Waals surface area contributed by atoms with Crippen LogP contribution in [-0.4, -0.2) is 26.4 Å². The molecule has 0 N–H and O–H groups in total. The molecule has 4 aromatic rings. The molecule has 0 fully saturated rings. The molecule has 0 unspecified atom stereocenters. The van der Waals surface area contributed by atoms with Crippen molar-refractivity contribution >= 4 is 16.6 Å². The molecule has 0 aliphatic rings. The second kappa shape index (κ2) is 4.70. The van der Waals surface area contributed by atoms with Crippen molar-refractivity contribution < 1.29 is 4.84 Å². The normalized spacial score (nSPS) is 11.1. The largest absolute Gasteiger partial charge is 0.414 e. The number of hydrogen-bond acceptors (Lipinski definition) is 4. The summed E-state index contributed by atoms with van der Waals surface area (Å²) in [5.74, 6) is 0. The molecule has 108 valence electrons. The van der Waals surface area contributed by atoms with Gasteiger partial charge in [-0.05, 0) is 11.6 Å². The van der Waals surface area contributed by atoms with Gasteiger partial charge in [-0.2, -0.15) is 9.83 Å². The predicted molar refractivity (Wildman–Crippen MR) is 82.7 cm³/mol. The Morgan fingerprint density at radius 1 is 1.09 bits per heavy atom. The van der Waals surface area contributed by atoms with Gasteiger partial charge in [0.05, 0.1) is 23.3 Å². The van der Waals surface area contributed by atoms with Crippen LogP contribution in [0.4, 0.5) is 0 Å². The standard InChI is InChI=1S/C16H12N4O2/c1-22-19-8-7-14-13(16(19)21)9-17-15-12(10-18-20(14)15)11-5-3-2-4-6-11/h2-10H,1H3. The zero-order valence-electron chi connectivity index (χ0n) is 11.8. The summed E-state index contributed by atoms with van der Waals surface area (Å²) in [6, 6.07) is 11.7. The SMILES string of the molecule is COn1ccc2c(cnc3c(-c4ccccc4)cnn32)c1=O. The highest BCUT2D eigenvalue weighted by molar-refractivity contribution is 5.84. The second-order valence-corrected chi connectivity index (χ2v) is 4.85. The molecule has 0 aliphatic heterocycles. The van der Waals surface area contributed by atoms with Gasteiger partial charge in [-0.15, -0.1) is 0 Å². The van der Waals surface area contributed by atoms with Crippen molar-refractivity contribution in [2.24, 2.45) is 0 Å². The first kappa shape index (κ1) is 12.6. The fraction of sp³-hybridized carbons (Fsp3) is 0.0625. The van der Waals surface area contributed by atoms with Crippen molar-refractivity contribution in [1.82, 2.24) is 19.3 Å². The lowest BCUT2D eigenvalue weighted by atomic mass is 10.1. The quantitative estimate of drug-likeness (QED) is 0.565. The van der Waals surface area contributed by atoms with Gasteiger partial charge in [-0.1, -0.05) is 30.3 Å². The second-order valence-electron chi connectivity index (χ2n) is 4.85. The van der Waals surface area contributed by atoms with Gasteiger partial charge in [0.15, 0.2) is 5.65 Å². The molecule has 22 heavy (non-hydrogen) atoms. The lowest BCUT2D eigenvalue weighted by Crippen LogP contribution is -2.24. The maximum Gasteiger partial charge on any atom is 0.294 e. The fourth-order valence-electron chi connectivity index (χ4n) is 2.56. The molecular weight excluding hydrogens is 280 g/mol. The topological polar surface area (TPSA) is 61.4 Å². The first-order valence-corrected chi connectivity index (χ1v) is 6.77. The Hall–Kier alpha value is -3.15. The lowest BCUT2D eigenvalue weighted by molar-refractivity contribution is 0.158. The van der Waals surface area contributed by atoms with Crippen LogP contribution in [0.25, 0.3) is 27.7 Å². The molecule has 3 aromatic heterocycles. The molecule has 6 nitrogen and oxygen atoms in total. The van der Waals surface area contributed by atoms with E-state index in [0.717, 1.165) is 15.9 Å². The highest BCUT2D eigenvalue weighted by atomic mass is 16.6. The molecular formula is C16H12N4O2. The van der Waals surface area contributed by atoms with E-state index in [1.165, 1.54) is 7.11 Å². The number of rotatable bonds is 2. The molecule has 0 radical (unpaired) electrons. The first-order chi connectivity index (χ1) is 10.8. The van der Waals surface area contributed by atoms with Crippen LogP contribution in [0.5, 0.6) is 0 Å². The molecule has 0 saturated heterocycles. The fourth-order valence-corrected chi connectivity index (χ4v) is 2.56. The van der Waals surface area contributed by atoms with Crippen LogP contribution in [0.15, 0.2) is 59.8 Å². The summed E-state index contributed by atoms with van der Waals surface area (Å²) in [5, 5.41) is 4.84. The van der Waals surface area contributed by atoms with Crippen LogP contribution in [0.3, 0.4) is 0 Å². The summed E-state index contributed by atoms with van der Waals surface area (Å²) in [6.07, 6.45) is 4.91. The minimum absolute atomic E-state index is 0.258. The number of pyridine rings is 1. The number of fused-ring (bicyclic) bond motifs is 3. The van der Waals surface area contributed by atoms with E-state index in [9.17, 15) is 4.79 Å². The van der Waals surface area contributed by atoms with Gasteiger partial charge in [0.25, 0.3) is 5.56 Å². The van der Waals surface area contributed by atoms with E-state index < -0.39 is 0 Å². The maximum atomic E-state index is 12.2. The zero-order chi connectivity index (χ0) is 15.1. The van der Waals surface area contributed by atoms with E-state index in [-0.39, 0.29) is 5.56 Å². The predicted octanol–water partition coefficient (Wildman–Crippen LogP) is 1.77. The van der Waals surface area contributed by atoms with Crippen LogP contribution < -0.4 is 10.4 Å². The van der Waals surface area contributed by atoms with Crippen molar-refractivity contribution in [3.63, 3.8) is 0 Å². The number of nitrogens with zero attached hydrogens (tertiary/aromatic N) is 4. The third-order valence-electron chi connectivity index (χ3n) is 3.64. The smallest absolute Gasteiger partial charge is 0.294 e. The van der Waals surface area contributed by atoms with Crippen LogP contribution in [0.1, 0.15) is 0 Å². The number of benzene rings is 1. The molecule has 0 bridgehead atoms. The Kier molecular flexibility index (Phi) is 2.69. The molecule has 0 aliphatic carbocycles. The summed E-state index contributed by atoms with van der Waals surface area (Å²) in [4.78, 5) is 21.6. The van der Waals surface area contributed by atoms with E-state index in [1.807, 2.05) is 30.3 Å². The van der Waals surface area contributed by atoms with Gasteiger partial charge in [-0.3, -0.25) is 4.79 Å². The van der Waals surface area contributed by atoms with Gasteiger partial charge in [0, 0.05) is 11.8 Å². The summed E-state index contributed by atoms with van der Waals surface area (Å²) in [7, 11) is 1.45.